The first-order valence-corrected chi connectivity index (χ1v) is 8.19. The van der Waals surface area contributed by atoms with Gasteiger partial charge >= 0.3 is 6.09 Å². The van der Waals surface area contributed by atoms with Gasteiger partial charge < -0.3 is 14.4 Å². The minimum atomic E-state index is -0.434. The molecule has 21 heavy (non-hydrogen) atoms. The summed E-state index contributed by atoms with van der Waals surface area (Å²) in [4.78, 5) is 13.5. The number of rotatable bonds is 3. The van der Waals surface area contributed by atoms with Gasteiger partial charge in [0.15, 0.2) is 0 Å². The second-order valence-corrected chi connectivity index (χ2v) is 7.72. The SMILES string of the molecule is Cc1cc(I)ccc1OCC1CN(C(=O)OC(C)(C)C)C1. The Morgan fingerprint density at radius 1 is 1.38 bits per heavy atom. The maximum atomic E-state index is 11.8. The summed E-state index contributed by atoms with van der Waals surface area (Å²) in [5.74, 6) is 1.31. The maximum Gasteiger partial charge on any atom is 0.410 e. The summed E-state index contributed by atoms with van der Waals surface area (Å²) in [6, 6.07) is 6.14. The topological polar surface area (TPSA) is 38.8 Å². The van der Waals surface area contributed by atoms with E-state index in [4.69, 9.17) is 9.47 Å². The fourth-order valence-corrected chi connectivity index (χ4v) is 2.78. The van der Waals surface area contributed by atoms with E-state index in [1.54, 1.807) is 4.90 Å². The van der Waals surface area contributed by atoms with E-state index in [-0.39, 0.29) is 6.09 Å². The fraction of sp³-hybridized carbons (Fsp3) is 0.562. The summed E-state index contributed by atoms with van der Waals surface area (Å²) in [5, 5.41) is 0. The summed E-state index contributed by atoms with van der Waals surface area (Å²) >= 11 is 2.29. The molecule has 0 unspecified atom stereocenters. The molecule has 5 heteroatoms. The number of aryl methyl sites for hydroxylation is 1. The highest BCUT2D eigenvalue weighted by molar-refractivity contribution is 14.1. The number of carbonyl (C=O) groups is 1. The van der Waals surface area contributed by atoms with Crippen LogP contribution in [0.2, 0.25) is 0 Å². The molecular formula is C16H22INO3. The third kappa shape index (κ3) is 4.76. The van der Waals surface area contributed by atoms with Gasteiger partial charge in [0.05, 0.1) is 6.61 Å². The highest BCUT2D eigenvalue weighted by Gasteiger charge is 2.34. The molecular weight excluding hydrogens is 381 g/mol. The molecule has 4 nitrogen and oxygen atoms in total. The van der Waals surface area contributed by atoms with Crippen LogP contribution < -0.4 is 4.74 Å². The Labute approximate surface area is 139 Å². The van der Waals surface area contributed by atoms with Crippen LogP contribution in [0.4, 0.5) is 4.79 Å². The van der Waals surface area contributed by atoms with E-state index in [1.165, 1.54) is 3.57 Å². The number of hydrogen-bond donors (Lipinski definition) is 0. The number of carbonyl (C=O) groups excluding carboxylic acids is 1. The lowest BCUT2D eigenvalue weighted by Crippen LogP contribution is -2.53. The first-order valence-electron chi connectivity index (χ1n) is 7.11. The quantitative estimate of drug-likeness (QED) is 0.720. The fourth-order valence-electron chi connectivity index (χ4n) is 2.13. The highest BCUT2D eigenvalue weighted by Crippen LogP contribution is 2.24. The zero-order valence-corrected chi connectivity index (χ0v) is 15.1. The van der Waals surface area contributed by atoms with Gasteiger partial charge in [-0.2, -0.15) is 0 Å². The van der Waals surface area contributed by atoms with E-state index in [0.717, 1.165) is 11.3 Å². The number of ether oxygens (including phenoxy) is 2. The number of halogens is 1. The molecule has 1 aromatic rings. The van der Waals surface area contributed by atoms with Crippen molar-refractivity contribution in [1.82, 2.24) is 4.90 Å². The van der Waals surface area contributed by atoms with Gasteiger partial charge in [-0.25, -0.2) is 4.79 Å². The Bertz CT molecular complexity index is 519. The molecule has 0 aromatic heterocycles. The van der Waals surface area contributed by atoms with Crippen LogP contribution in [-0.2, 0) is 4.74 Å². The predicted octanol–water partition coefficient (Wildman–Crippen LogP) is 3.85. The second-order valence-electron chi connectivity index (χ2n) is 6.47. The van der Waals surface area contributed by atoms with Crippen molar-refractivity contribution in [3.8, 4) is 5.75 Å². The average Bonchev–Trinajstić information content (AvgIpc) is 2.27. The molecule has 0 radical (unpaired) electrons. The van der Waals surface area contributed by atoms with Crippen LogP contribution in [0.25, 0.3) is 0 Å². The van der Waals surface area contributed by atoms with Gasteiger partial charge in [0.2, 0.25) is 0 Å². The van der Waals surface area contributed by atoms with Crippen LogP contribution in [-0.4, -0.2) is 36.3 Å². The lowest BCUT2D eigenvalue weighted by atomic mass is 10.0. The van der Waals surface area contributed by atoms with Crippen LogP contribution in [0.1, 0.15) is 26.3 Å². The van der Waals surface area contributed by atoms with Gasteiger partial charge in [0.1, 0.15) is 11.4 Å². The summed E-state index contributed by atoms with van der Waals surface area (Å²) in [5.41, 5.74) is 0.710. The zero-order valence-electron chi connectivity index (χ0n) is 13.0. The van der Waals surface area contributed by atoms with E-state index >= 15 is 0 Å². The van der Waals surface area contributed by atoms with Gasteiger partial charge in [-0.15, -0.1) is 0 Å². The van der Waals surface area contributed by atoms with E-state index in [0.29, 0.717) is 25.6 Å². The van der Waals surface area contributed by atoms with Crippen molar-refractivity contribution < 1.29 is 14.3 Å². The van der Waals surface area contributed by atoms with Crippen LogP contribution in [0, 0.1) is 16.4 Å². The van der Waals surface area contributed by atoms with Crippen molar-refractivity contribution in [2.75, 3.05) is 19.7 Å². The normalized spacial score (nSPS) is 15.6. The lowest BCUT2D eigenvalue weighted by Gasteiger charge is -2.39. The number of hydrogen-bond acceptors (Lipinski definition) is 3. The first kappa shape index (κ1) is 16.4. The monoisotopic (exact) mass is 403 g/mol. The molecule has 1 amide bonds. The molecule has 0 spiro atoms. The van der Waals surface area contributed by atoms with E-state index < -0.39 is 5.60 Å². The van der Waals surface area contributed by atoms with Gasteiger partial charge in [0, 0.05) is 22.6 Å². The molecule has 1 aliphatic rings. The first-order chi connectivity index (χ1) is 9.74. The summed E-state index contributed by atoms with van der Waals surface area (Å²) in [6.45, 7) is 9.74. The van der Waals surface area contributed by atoms with Crippen LogP contribution in [0.5, 0.6) is 5.75 Å². The van der Waals surface area contributed by atoms with Crippen molar-refractivity contribution in [2.24, 2.45) is 5.92 Å². The number of amides is 1. The Morgan fingerprint density at radius 2 is 2.05 bits per heavy atom. The second kappa shape index (κ2) is 6.42. The van der Waals surface area contributed by atoms with Gasteiger partial charge in [-0.05, 0) is 74.0 Å². The van der Waals surface area contributed by atoms with E-state index in [9.17, 15) is 4.79 Å². The molecule has 116 valence electrons. The van der Waals surface area contributed by atoms with Gasteiger partial charge in [-0.3, -0.25) is 0 Å². The smallest absolute Gasteiger partial charge is 0.410 e. The molecule has 0 bridgehead atoms. The molecule has 0 saturated carbocycles. The molecule has 1 fully saturated rings. The van der Waals surface area contributed by atoms with Crippen molar-refractivity contribution in [1.29, 1.82) is 0 Å². The number of benzene rings is 1. The van der Waals surface area contributed by atoms with E-state index in [1.807, 2.05) is 39.8 Å². The van der Waals surface area contributed by atoms with Crippen molar-refractivity contribution in [3.63, 3.8) is 0 Å². The standard InChI is InChI=1S/C16H22INO3/c1-11-7-13(17)5-6-14(11)20-10-12-8-18(9-12)15(19)21-16(2,3)4/h5-7,12H,8-10H2,1-4H3. The van der Waals surface area contributed by atoms with E-state index in [2.05, 4.69) is 28.7 Å². The lowest BCUT2D eigenvalue weighted by molar-refractivity contribution is -0.00785. The Morgan fingerprint density at radius 3 is 2.62 bits per heavy atom. The minimum absolute atomic E-state index is 0.232. The summed E-state index contributed by atoms with van der Waals surface area (Å²) < 4.78 is 12.4. The van der Waals surface area contributed by atoms with Crippen molar-refractivity contribution >= 4 is 28.7 Å². The molecule has 0 aliphatic carbocycles. The molecule has 0 atom stereocenters. The van der Waals surface area contributed by atoms with Crippen LogP contribution in [0.3, 0.4) is 0 Å². The highest BCUT2D eigenvalue weighted by atomic mass is 127. The summed E-state index contributed by atoms with van der Waals surface area (Å²) in [6.07, 6.45) is -0.232. The van der Waals surface area contributed by atoms with Gasteiger partial charge in [-0.1, -0.05) is 0 Å². The third-order valence-corrected chi connectivity index (χ3v) is 3.89. The Kier molecular flexibility index (Phi) is 5.01. The Balaban J connectivity index is 1.75. The molecule has 0 N–H and O–H groups in total. The Hall–Kier alpha value is -0.980. The third-order valence-electron chi connectivity index (χ3n) is 3.22. The molecule has 1 aliphatic heterocycles. The maximum absolute atomic E-state index is 11.8. The van der Waals surface area contributed by atoms with Crippen molar-refractivity contribution in [3.05, 3.63) is 27.3 Å². The molecule has 1 saturated heterocycles. The number of nitrogens with zero attached hydrogens (tertiary/aromatic N) is 1. The largest absolute Gasteiger partial charge is 0.493 e. The van der Waals surface area contributed by atoms with Crippen LogP contribution in [0.15, 0.2) is 18.2 Å². The van der Waals surface area contributed by atoms with Crippen LogP contribution >= 0.6 is 22.6 Å². The summed E-state index contributed by atoms with van der Waals surface area (Å²) in [7, 11) is 0. The molecule has 1 heterocycles. The number of likely N-dealkylation sites (tertiary alicyclic amines) is 1. The average molecular weight is 403 g/mol. The molecule has 2 rings (SSSR count). The zero-order chi connectivity index (χ0) is 15.6. The predicted molar refractivity (Wildman–Crippen MR) is 90.7 cm³/mol. The van der Waals surface area contributed by atoms with Crippen molar-refractivity contribution in [2.45, 2.75) is 33.3 Å². The molecule has 1 aromatic carbocycles. The minimum Gasteiger partial charge on any atom is -0.493 e. The van der Waals surface area contributed by atoms with Gasteiger partial charge in [0.25, 0.3) is 0 Å².